The Kier molecular flexibility index (Phi) is 7.31. The zero-order valence-corrected chi connectivity index (χ0v) is 13.8. The quantitative estimate of drug-likeness (QED) is 0.537. The van der Waals surface area contributed by atoms with Gasteiger partial charge in [0, 0.05) is 25.7 Å². The summed E-state index contributed by atoms with van der Waals surface area (Å²) in [6.07, 6.45) is 0. The van der Waals surface area contributed by atoms with Crippen molar-refractivity contribution in [2.24, 2.45) is 0 Å². The third-order valence-corrected chi connectivity index (χ3v) is 4.06. The Labute approximate surface area is 138 Å². The molecule has 10 heteroatoms. The fraction of sp³-hybridized carbons (Fsp3) is 0.357. The van der Waals surface area contributed by atoms with Crippen molar-refractivity contribution in [3.8, 4) is 0 Å². The fourth-order valence-corrected chi connectivity index (χ4v) is 2.75. The molecule has 0 atom stereocenters. The maximum atomic E-state index is 12.7. The minimum atomic E-state index is -3.95. The van der Waals surface area contributed by atoms with E-state index < -0.39 is 39.0 Å². The van der Waals surface area contributed by atoms with Crippen LogP contribution in [0.2, 0.25) is 0 Å². The summed E-state index contributed by atoms with van der Waals surface area (Å²) in [5.41, 5.74) is 0.247. The van der Waals surface area contributed by atoms with Gasteiger partial charge in [0.15, 0.2) is 9.84 Å². The summed E-state index contributed by atoms with van der Waals surface area (Å²) in [5.74, 6) is -4.07. The monoisotopic (exact) mass is 359 g/mol. The topological polar surface area (TPSA) is 121 Å². The molecule has 8 nitrogen and oxygen atoms in total. The molecule has 1 rings (SSSR count). The van der Waals surface area contributed by atoms with Crippen LogP contribution in [0.1, 0.15) is 6.92 Å². The molecule has 0 saturated carbocycles. The van der Waals surface area contributed by atoms with E-state index in [0.717, 1.165) is 12.1 Å². The lowest BCUT2D eigenvalue weighted by molar-refractivity contribution is -0.120. The number of sulfone groups is 1. The highest BCUT2D eigenvalue weighted by molar-refractivity contribution is 7.92. The number of hydrogen-bond acceptors (Lipinski definition) is 5. The predicted octanol–water partition coefficient (Wildman–Crippen LogP) is -0.569. The van der Waals surface area contributed by atoms with E-state index in [9.17, 15) is 27.2 Å². The lowest BCUT2D eigenvalue weighted by atomic mass is 10.3. The van der Waals surface area contributed by atoms with E-state index in [2.05, 4.69) is 16.0 Å². The Hall–Kier alpha value is -2.49. The van der Waals surface area contributed by atoms with Crippen molar-refractivity contribution in [1.82, 2.24) is 10.6 Å². The molecule has 0 spiro atoms. The summed E-state index contributed by atoms with van der Waals surface area (Å²) in [6.45, 7) is 1.56. The van der Waals surface area contributed by atoms with E-state index in [-0.39, 0.29) is 24.7 Å². The van der Waals surface area contributed by atoms with Gasteiger partial charge in [-0.25, -0.2) is 12.8 Å². The molecule has 0 radical (unpaired) electrons. The van der Waals surface area contributed by atoms with Crippen molar-refractivity contribution >= 4 is 33.2 Å². The second kappa shape index (κ2) is 8.96. The van der Waals surface area contributed by atoms with Gasteiger partial charge in [0.2, 0.25) is 17.7 Å². The first-order valence-electron chi connectivity index (χ1n) is 6.95. The molecule has 0 heterocycles. The van der Waals surface area contributed by atoms with Gasteiger partial charge in [-0.05, 0) is 24.3 Å². The lowest BCUT2D eigenvalue weighted by Crippen LogP contribution is -2.38. The number of hydrogen-bond donors (Lipinski definition) is 3. The number of amides is 3. The molecule has 132 valence electrons. The number of anilines is 1. The minimum Gasteiger partial charge on any atom is -0.355 e. The summed E-state index contributed by atoms with van der Waals surface area (Å²) in [5, 5.41) is 7.05. The summed E-state index contributed by atoms with van der Waals surface area (Å²) < 4.78 is 36.3. The second-order valence-corrected chi connectivity index (χ2v) is 6.98. The first kappa shape index (κ1) is 19.6. The first-order chi connectivity index (χ1) is 11.2. The maximum absolute atomic E-state index is 12.7. The van der Waals surface area contributed by atoms with Crippen LogP contribution in [0.5, 0.6) is 0 Å². The Morgan fingerprint density at radius 1 is 0.958 bits per heavy atom. The van der Waals surface area contributed by atoms with Crippen molar-refractivity contribution in [3.05, 3.63) is 30.1 Å². The van der Waals surface area contributed by atoms with Crippen LogP contribution in [0, 0.1) is 5.82 Å². The Balaban J connectivity index is 2.41. The largest absolute Gasteiger partial charge is 0.355 e. The molecule has 0 aliphatic carbocycles. The highest BCUT2D eigenvalue weighted by atomic mass is 32.2. The summed E-state index contributed by atoms with van der Waals surface area (Å²) >= 11 is 0. The van der Waals surface area contributed by atoms with Gasteiger partial charge in [0.25, 0.3) is 0 Å². The average Bonchev–Trinajstić information content (AvgIpc) is 2.44. The number of carbonyl (C=O) groups is 3. The van der Waals surface area contributed by atoms with Crippen LogP contribution in [-0.2, 0) is 24.2 Å². The van der Waals surface area contributed by atoms with Gasteiger partial charge in [0.05, 0.1) is 0 Å². The summed E-state index contributed by atoms with van der Waals surface area (Å²) in [4.78, 5) is 33.8. The van der Waals surface area contributed by atoms with E-state index in [1.54, 1.807) is 0 Å². The smallest absolute Gasteiger partial charge is 0.239 e. The molecule has 0 fully saturated rings. The van der Waals surface area contributed by atoms with Crippen LogP contribution < -0.4 is 16.0 Å². The third-order valence-electron chi connectivity index (χ3n) is 2.65. The molecule has 0 aromatic heterocycles. The molecule has 3 N–H and O–H groups in total. The standard InChI is InChI=1S/C14H18FN3O5S/c1-10(19)16-6-7-17-13(20)8-24(22,23)9-14(21)18-12-4-2-11(15)3-5-12/h2-5H,6-9H2,1H3,(H,16,19)(H,17,20)(H,18,21). The molecular weight excluding hydrogens is 341 g/mol. The molecule has 0 aliphatic heterocycles. The zero-order valence-electron chi connectivity index (χ0n) is 13.0. The number of nitrogens with one attached hydrogen (secondary N) is 3. The maximum Gasteiger partial charge on any atom is 0.239 e. The van der Waals surface area contributed by atoms with E-state index in [1.165, 1.54) is 19.1 Å². The highest BCUT2D eigenvalue weighted by Crippen LogP contribution is 2.08. The lowest BCUT2D eigenvalue weighted by Gasteiger charge is -2.08. The van der Waals surface area contributed by atoms with Gasteiger partial charge in [-0.1, -0.05) is 0 Å². The van der Waals surface area contributed by atoms with Crippen LogP contribution in [0.25, 0.3) is 0 Å². The van der Waals surface area contributed by atoms with Crippen LogP contribution in [0.15, 0.2) is 24.3 Å². The number of benzene rings is 1. The Morgan fingerprint density at radius 2 is 1.50 bits per heavy atom. The molecular formula is C14H18FN3O5S. The minimum absolute atomic E-state index is 0.0791. The molecule has 24 heavy (non-hydrogen) atoms. The SMILES string of the molecule is CC(=O)NCCNC(=O)CS(=O)(=O)CC(=O)Nc1ccc(F)cc1. The zero-order chi connectivity index (χ0) is 18.2. The van der Waals surface area contributed by atoms with E-state index in [4.69, 9.17) is 0 Å². The van der Waals surface area contributed by atoms with Gasteiger partial charge < -0.3 is 16.0 Å². The van der Waals surface area contributed by atoms with E-state index in [0.29, 0.717) is 0 Å². The fourth-order valence-electron chi connectivity index (χ4n) is 1.67. The molecule has 0 bridgehead atoms. The van der Waals surface area contributed by atoms with Gasteiger partial charge in [0.1, 0.15) is 17.3 Å². The van der Waals surface area contributed by atoms with Crippen LogP contribution in [0.4, 0.5) is 10.1 Å². The normalized spacial score (nSPS) is 10.8. The molecule has 0 aliphatic rings. The number of rotatable bonds is 8. The molecule has 3 amide bonds. The first-order valence-corrected chi connectivity index (χ1v) is 8.77. The highest BCUT2D eigenvalue weighted by Gasteiger charge is 2.20. The summed E-state index contributed by atoms with van der Waals surface area (Å²) in [6, 6.07) is 4.81. The van der Waals surface area contributed by atoms with E-state index in [1.807, 2.05) is 0 Å². The van der Waals surface area contributed by atoms with Gasteiger partial charge in [-0.3, -0.25) is 14.4 Å². The number of carbonyl (C=O) groups excluding carboxylic acids is 3. The van der Waals surface area contributed by atoms with Crippen LogP contribution >= 0.6 is 0 Å². The van der Waals surface area contributed by atoms with Crippen molar-refractivity contribution in [2.45, 2.75) is 6.92 Å². The molecule has 0 saturated heterocycles. The Morgan fingerprint density at radius 3 is 2.08 bits per heavy atom. The average molecular weight is 359 g/mol. The van der Waals surface area contributed by atoms with Gasteiger partial charge in [-0.15, -0.1) is 0 Å². The number of halogens is 1. The second-order valence-electron chi connectivity index (χ2n) is 4.92. The molecule has 0 unspecified atom stereocenters. The summed E-state index contributed by atoms with van der Waals surface area (Å²) in [7, 11) is -3.95. The van der Waals surface area contributed by atoms with Crippen molar-refractivity contribution in [3.63, 3.8) is 0 Å². The van der Waals surface area contributed by atoms with Gasteiger partial charge in [-0.2, -0.15) is 0 Å². The van der Waals surface area contributed by atoms with Crippen molar-refractivity contribution < 1.29 is 27.2 Å². The molecule has 1 aromatic rings. The van der Waals surface area contributed by atoms with Crippen LogP contribution in [0.3, 0.4) is 0 Å². The predicted molar refractivity (Wildman–Crippen MR) is 85.4 cm³/mol. The molecule has 1 aromatic carbocycles. The van der Waals surface area contributed by atoms with Gasteiger partial charge >= 0.3 is 0 Å². The van der Waals surface area contributed by atoms with E-state index >= 15 is 0 Å². The van der Waals surface area contributed by atoms with Crippen molar-refractivity contribution in [2.75, 3.05) is 29.9 Å². The third kappa shape index (κ3) is 8.22. The van der Waals surface area contributed by atoms with Crippen LogP contribution in [-0.4, -0.2) is 50.7 Å². The Bertz CT molecular complexity index is 704. The van der Waals surface area contributed by atoms with Crippen molar-refractivity contribution in [1.29, 1.82) is 0 Å².